The SMILES string of the molecule is COC(=O)c1cc(N)cc(Cl)c1Oc1ccc(F)cc1Cl. The zero-order valence-corrected chi connectivity index (χ0v) is 12.3. The van der Waals surface area contributed by atoms with Gasteiger partial charge in [0.05, 0.1) is 17.2 Å². The van der Waals surface area contributed by atoms with Crippen molar-refractivity contribution in [3.05, 3.63) is 51.8 Å². The number of anilines is 1. The van der Waals surface area contributed by atoms with Crippen LogP contribution in [0.15, 0.2) is 30.3 Å². The molecule has 0 atom stereocenters. The molecule has 110 valence electrons. The van der Waals surface area contributed by atoms with Crippen molar-refractivity contribution in [2.75, 3.05) is 12.8 Å². The maximum atomic E-state index is 13.0. The van der Waals surface area contributed by atoms with Crippen LogP contribution in [0.3, 0.4) is 0 Å². The number of nitrogen functional groups attached to an aromatic ring is 1. The van der Waals surface area contributed by atoms with Crippen molar-refractivity contribution >= 4 is 34.9 Å². The van der Waals surface area contributed by atoms with E-state index in [1.54, 1.807) is 0 Å². The fourth-order valence-corrected chi connectivity index (χ4v) is 2.12. The van der Waals surface area contributed by atoms with Crippen molar-refractivity contribution < 1.29 is 18.7 Å². The van der Waals surface area contributed by atoms with Gasteiger partial charge < -0.3 is 15.2 Å². The van der Waals surface area contributed by atoms with Crippen molar-refractivity contribution in [3.8, 4) is 11.5 Å². The maximum Gasteiger partial charge on any atom is 0.341 e. The highest BCUT2D eigenvalue weighted by atomic mass is 35.5. The molecule has 0 unspecified atom stereocenters. The summed E-state index contributed by atoms with van der Waals surface area (Å²) in [5.41, 5.74) is 5.96. The Morgan fingerprint density at radius 2 is 1.90 bits per heavy atom. The van der Waals surface area contributed by atoms with Gasteiger partial charge in [0.25, 0.3) is 0 Å². The van der Waals surface area contributed by atoms with Gasteiger partial charge in [0.1, 0.15) is 17.1 Å². The molecule has 0 spiro atoms. The van der Waals surface area contributed by atoms with Crippen LogP contribution < -0.4 is 10.5 Å². The van der Waals surface area contributed by atoms with Gasteiger partial charge in [0.15, 0.2) is 5.75 Å². The summed E-state index contributed by atoms with van der Waals surface area (Å²) in [5.74, 6) is -0.998. The molecule has 2 N–H and O–H groups in total. The largest absolute Gasteiger partial charge is 0.465 e. The number of rotatable bonds is 3. The molecule has 0 aromatic heterocycles. The zero-order chi connectivity index (χ0) is 15.6. The predicted molar refractivity (Wildman–Crippen MR) is 78.7 cm³/mol. The second-order valence-electron chi connectivity index (χ2n) is 4.05. The number of carbonyl (C=O) groups is 1. The molecule has 0 bridgehead atoms. The lowest BCUT2D eigenvalue weighted by Crippen LogP contribution is -2.05. The van der Waals surface area contributed by atoms with Crippen LogP contribution in [0, 0.1) is 5.82 Å². The van der Waals surface area contributed by atoms with Crippen LogP contribution in [0.25, 0.3) is 0 Å². The third-order valence-corrected chi connectivity index (χ3v) is 3.15. The standard InChI is InChI=1S/C14H10Cl2FNO3/c1-20-14(19)9-5-8(18)6-11(16)13(9)21-12-3-2-7(17)4-10(12)15/h2-6H,18H2,1H3. The molecule has 2 aromatic rings. The summed E-state index contributed by atoms with van der Waals surface area (Å²) >= 11 is 11.9. The molecule has 0 fully saturated rings. The highest BCUT2D eigenvalue weighted by molar-refractivity contribution is 6.33. The van der Waals surface area contributed by atoms with Crippen LogP contribution in [-0.4, -0.2) is 13.1 Å². The lowest BCUT2D eigenvalue weighted by Gasteiger charge is -2.13. The van der Waals surface area contributed by atoms with Gasteiger partial charge in [-0.1, -0.05) is 23.2 Å². The van der Waals surface area contributed by atoms with Crippen LogP contribution in [0.5, 0.6) is 11.5 Å². The highest BCUT2D eigenvalue weighted by Gasteiger charge is 2.19. The Labute approximate surface area is 130 Å². The minimum absolute atomic E-state index is 0.0335. The molecule has 2 aromatic carbocycles. The Morgan fingerprint density at radius 1 is 1.19 bits per heavy atom. The van der Waals surface area contributed by atoms with Crippen LogP contribution >= 0.6 is 23.2 Å². The molecule has 0 heterocycles. The molecule has 0 saturated carbocycles. The summed E-state index contributed by atoms with van der Waals surface area (Å²) in [4.78, 5) is 11.8. The van der Waals surface area contributed by atoms with E-state index in [4.69, 9.17) is 33.7 Å². The zero-order valence-electron chi connectivity index (χ0n) is 10.8. The minimum Gasteiger partial charge on any atom is -0.465 e. The van der Waals surface area contributed by atoms with Crippen LogP contribution in [0.2, 0.25) is 10.0 Å². The van der Waals surface area contributed by atoms with E-state index in [9.17, 15) is 9.18 Å². The lowest BCUT2D eigenvalue weighted by molar-refractivity contribution is 0.0598. The van der Waals surface area contributed by atoms with E-state index >= 15 is 0 Å². The van der Waals surface area contributed by atoms with E-state index in [1.807, 2.05) is 0 Å². The van der Waals surface area contributed by atoms with Crippen molar-refractivity contribution in [3.63, 3.8) is 0 Å². The number of hydrogen-bond donors (Lipinski definition) is 1. The van der Waals surface area contributed by atoms with E-state index in [0.29, 0.717) is 0 Å². The highest BCUT2D eigenvalue weighted by Crippen LogP contribution is 2.38. The summed E-state index contributed by atoms with van der Waals surface area (Å²) in [5, 5.41) is 0.148. The third kappa shape index (κ3) is 3.37. The molecule has 0 saturated heterocycles. The smallest absolute Gasteiger partial charge is 0.341 e. The minimum atomic E-state index is -0.669. The Morgan fingerprint density at radius 3 is 2.52 bits per heavy atom. The number of halogens is 3. The number of methoxy groups -OCH3 is 1. The van der Waals surface area contributed by atoms with Crippen molar-refractivity contribution in [1.82, 2.24) is 0 Å². The second kappa shape index (κ2) is 6.20. The van der Waals surface area contributed by atoms with Gasteiger partial charge in [-0.25, -0.2) is 9.18 Å². The number of esters is 1. The molecule has 7 heteroatoms. The fraction of sp³-hybridized carbons (Fsp3) is 0.0714. The first-order valence-electron chi connectivity index (χ1n) is 5.72. The van der Waals surface area contributed by atoms with Crippen molar-refractivity contribution in [2.45, 2.75) is 0 Å². The van der Waals surface area contributed by atoms with E-state index in [2.05, 4.69) is 4.74 Å². The molecular weight excluding hydrogens is 320 g/mol. The van der Waals surface area contributed by atoms with Gasteiger partial charge in [-0.05, 0) is 30.3 Å². The third-order valence-electron chi connectivity index (χ3n) is 2.58. The summed E-state index contributed by atoms with van der Waals surface area (Å²) in [6, 6.07) is 6.36. The van der Waals surface area contributed by atoms with Crippen molar-refractivity contribution in [1.29, 1.82) is 0 Å². The average molecular weight is 330 g/mol. The van der Waals surface area contributed by atoms with Gasteiger partial charge in [0.2, 0.25) is 0 Å². The Hall–Kier alpha value is -1.98. The molecule has 21 heavy (non-hydrogen) atoms. The first kappa shape index (κ1) is 15.4. The van der Waals surface area contributed by atoms with Gasteiger partial charge in [-0.2, -0.15) is 0 Å². The number of benzene rings is 2. The number of ether oxygens (including phenoxy) is 2. The number of nitrogens with two attached hydrogens (primary N) is 1. The van der Waals surface area contributed by atoms with Crippen molar-refractivity contribution in [2.24, 2.45) is 0 Å². The first-order valence-corrected chi connectivity index (χ1v) is 6.48. The summed E-state index contributed by atoms with van der Waals surface area (Å²) in [7, 11) is 1.22. The van der Waals surface area contributed by atoms with Gasteiger partial charge in [-0.3, -0.25) is 0 Å². The second-order valence-corrected chi connectivity index (χ2v) is 4.86. The molecular formula is C14H10Cl2FNO3. The van der Waals surface area contributed by atoms with Gasteiger partial charge in [-0.15, -0.1) is 0 Å². The van der Waals surface area contributed by atoms with E-state index < -0.39 is 11.8 Å². The molecule has 0 radical (unpaired) electrons. The Balaban J connectivity index is 2.50. The van der Waals surface area contributed by atoms with E-state index in [-0.39, 0.29) is 32.8 Å². The van der Waals surface area contributed by atoms with E-state index in [0.717, 1.165) is 6.07 Å². The molecule has 0 aliphatic rings. The Bertz CT molecular complexity index is 707. The molecule has 0 aliphatic heterocycles. The topological polar surface area (TPSA) is 61.5 Å². The average Bonchev–Trinajstić information content (AvgIpc) is 2.42. The summed E-state index contributed by atoms with van der Waals surface area (Å²) < 4.78 is 23.2. The molecule has 4 nitrogen and oxygen atoms in total. The summed E-state index contributed by atoms with van der Waals surface area (Å²) in [6.07, 6.45) is 0. The van der Waals surface area contributed by atoms with Gasteiger partial charge >= 0.3 is 5.97 Å². The quantitative estimate of drug-likeness (QED) is 0.673. The normalized spacial score (nSPS) is 10.3. The first-order chi connectivity index (χ1) is 9.92. The van der Waals surface area contributed by atoms with Gasteiger partial charge in [0, 0.05) is 5.69 Å². The molecule has 2 rings (SSSR count). The number of hydrogen-bond acceptors (Lipinski definition) is 4. The predicted octanol–water partition coefficient (Wildman–Crippen LogP) is 4.29. The number of carbonyl (C=O) groups excluding carboxylic acids is 1. The molecule has 0 aliphatic carbocycles. The fourth-order valence-electron chi connectivity index (χ4n) is 1.65. The molecule has 0 amide bonds. The summed E-state index contributed by atoms with van der Waals surface area (Å²) in [6.45, 7) is 0. The van der Waals surface area contributed by atoms with Crippen LogP contribution in [0.1, 0.15) is 10.4 Å². The Kier molecular flexibility index (Phi) is 4.55. The monoisotopic (exact) mass is 329 g/mol. The van der Waals surface area contributed by atoms with Crippen LogP contribution in [0.4, 0.5) is 10.1 Å². The van der Waals surface area contributed by atoms with E-state index in [1.165, 1.54) is 31.4 Å². The lowest BCUT2D eigenvalue weighted by atomic mass is 10.1. The maximum absolute atomic E-state index is 13.0. The van der Waals surface area contributed by atoms with Crippen LogP contribution in [-0.2, 0) is 4.74 Å².